The summed E-state index contributed by atoms with van der Waals surface area (Å²) < 4.78 is 0. The van der Waals surface area contributed by atoms with E-state index in [2.05, 4.69) is 18.9 Å². The van der Waals surface area contributed by atoms with Gasteiger partial charge in [-0.2, -0.15) is 0 Å². The first-order valence-corrected chi connectivity index (χ1v) is 5.10. The number of nitrogens with zero attached hydrogens (tertiary/aromatic N) is 1. The summed E-state index contributed by atoms with van der Waals surface area (Å²) in [4.78, 5) is 2.41. The topological polar surface area (TPSA) is 29.3 Å². The van der Waals surface area contributed by atoms with E-state index >= 15 is 0 Å². The third-order valence-corrected chi connectivity index (χ3v) is 3.90. The minimum Gasteiger partial charge on any atom is -0.325 e. The van der Waals surface area contributed by atoms with Gasteiger partial charge < -0.3 is 10.6 Å². The molecule has 2 heteroatoms. The molecule has 0 amide bonds. The van der Waals surface area contributed by atoms with Gasteiger partial charge in [-0.05, 0) is 51.2 Å². The van der Waals surface area contributed by atoms with Gasteiger partial charge in [0.15, 0.2) is 0 Å². The molecule has 1 aliphatic heterocycles. The highest BCUT2D eigenvalue weighted by atomic mass is 15.1. The Kier molecular flexibility index (Phi) is 1.92. The highest BCUT2D eigenvalue weighted by Crippen LogP contribution is 2.49. The highest BCUT2D eigenvalue weighted by molar-refractivity contribution is 5.10. The van der Waals surface area contributed by atoms with Crippen LogP contribution < -0.4 is 5.73 Å². The maximum atomic E-state index is 6.29. The van der Waals surface area contributed by atoms with Gasteiger partial charge in [-0.15, -0.1) is 0 Å². The van der Waals surface area contributed by atoms with Gasteiger partial charge in [-0.25, -0.2) is 0 Å². The lowest BCUT2D eigenvalue weighted by Crippen LogP contribution is -2.42. The van der Waals surface area contributed by atoms with Crippen molar-refractivity contribution in [3.05, 3.63) is 0 Å². The maximum absolute atomic E-state index is 6.29. The van der Waals surface area contributed by atoms with Crippen molar-refractivity contribution in [2.75, 3.05) is 20.1 Å². The van der Waals surface area contributed by atoms with Gasteiger partial charge in [0.25, 0.3) is 0 Å². The molecule has 0 aromatic rings. The molecule has 0 aromatic carbocycles. The van der Waals surface area contributed by atoms with Gasteiger partial charge in [-0.3, -0.25) is 0 Å². The van der Waals surface area contributed by atoms with Crippen molar-refractivity contribution < 1.29 is 0 Å². The SMILES string of the molecule is CC1CC1(N)C1CCN(C)CC1. The summed E-state index contributed by atoms with van der Waals surface area (Å²) in [5.41, 5.74) is 6.53. The van der Waals surface area contributed by atoms with Crippen LogP contribution in [0.1, 0.15) is 26.2 Å². The summed E-state index contributed by atoms with van der Waals surface area (Å²) in [6, 6.07) is 0. The molecule has 1 saturated heterocycles. The lowest BCUT2D eigenvalue weighted by Gasteiger charge is -2.33. The molecule has 1 saturated carbocycles. The van der Waals surface area contributed by atoms with Gasteiger partial charge in [0.2, 0.25) is 0 Å². The highest BCUT2D eigenvalue weighted by Gasteiger charge is 2.52. The van der Waals surface area contributed by atoms with Crippen LogP contribution >= 0.6 is 0 Å². The molecule has 1 aliphatic carbocycles. The monoisotopic (exact) mass is 168 g/mol. The predicted octanol–water partition coefficient (Wildman–Crippen LogP) is 1.07. The van der Waals surface area contributed by atoms with Crippen molar-refractivity contribution >= 4 is 0 Å². The van der Waals surface area contributed by atoms with Crippen LogP contribution in [-0.2, 0) is 0 Å². The van der Waals surface area contributed by atoms with E-state index in [1.165, 1.54) is 32.4 Å². The molecule has 0 spiro atoms. The number of likely N-dealkylation sites (tertiary alicyclic amines) is 1. The fourth-order valence-electron chi connectivity index (χ4n) is 2.59. The quantitative estimate of drug-likeness (QED) is 0.634. The first-order chi connectivity index (χ1) is 5.63. The van der Waals surface area contributed by atoms with Gasteiger partial charge in [0, 0.05) is 5.54 Å². The lowest BCUT2D eigenvalue weighted by atomic mass is 9.87. The van der Waals surface area contributed by atoms with Gasteiger partial charge in [-0.1, -0.05) is 6.92 Å². The van der Waals surface area contributed by atoms with Crippen LogP contribution in [0.4, 0.5) is 0 Å². The van der Waals surface area contributed by atoms with Crippen LogP contribution in [0.2, 0.25) is 0 Å². The largest absolute Gasteiger partial charge is 0.325 e. The van der Waals surface area contributed by atoms with Crippen molar-refractivity contribution in [1.29, 1.82) is 0 Å². The van der Waals surface area contributed by atoms with E-state index in [1.54, 1.807) is 0 Å². The maximum Gasteiger partial charge on any atom is 0.0213 e. The third kappa shape index (κ3) is 1.27. The van der Waals surface area contributed by atoms with E-state index in [0.717, 1.165) is 11.8 Å². The first-order valence-electron chi connectivity index (χ1n) is 5.10. The molecule has 2 atom stereocenters. The third-order valence-electron chi connectivity index (χ3n) is 3.90. The minimum atomic E-state index is 0.237. The van der Waals surface area contributed by atoms with Crippen molar-refractivity contribution in [2.45, 2.75) is 31.7 Å². The van der Waals surface area contributed by atoms with Crippen molar-refractivity contribution in [2.24, 2.45) is 17.6 Å². The number of piperidine rings is 1. The van der Waals surface area contributed by atoms with Crippen LogP contribution in [0.15, 0.2) is 0 Å². The van der Waals surface area contributed by atoms with E-state index < -0.39 is 0 Å². The van der Waals surface area contributed by atoms with Crippen LogP contribution in [0, 0.1) is 11.8 Å². The Bertz CT molecular complexity index is 173. The van der Waals surface area contributed by atoms with Crippen LogP contribution in [0.5, 0.6) is 0 Å². The van der Waals surface area contributed by atoms with E-state index in [9.17, 15) is 0 Å². The van der Waals surface area contributed by atoms with E-state index in [0.29, 0.717) is 0 Å². The molecular formula is C10H20N2. The van der Waals surface area contributed by atoms with Crippen LogP contribution in [0.25, 0.3) is 0 Å². The number of hydrogen-bond acceptors (Lipinski definition) is 2. The van der Waals surface area contributed by atoms with Gasteiger partial charge in [0.1, 0.15) is 0 Å². The molecule has 70 valence electrons. The summed E-state index contributed by atoms with van der Waals surface area (Å²) in [5, 5.41) is 0. The summed E-state index contributed by atoms with van der Waals surface area (Å²) >= 11 is 0. The summed E-state index contributed by atoms with van der Waals surface area (Å²) in [6.45, 7) is 4.78. The van der Waals surface area contributed by atoms with E-state index in [4.69, 9.17) is 5.73 Å². The Labute approximate surface area is 75.1 Å². The molecule has 0 bridgehead atoms. The van der Waals surface area contributed by atoms with E-state index in [-0.39, 0.29) is 5.54 Å². The summed E-state index contributed by atoms with van der Waals surface area (Å²) in [5.74, 6) is 1.59. The zero-order chi connectivity index (χ0) is 8.77. The molecule has 2 aliphatic rings. The lowest BCUT2D eigenvalue weighted by molar-refractivity contribution is 0.186. The Hall–Kier alpha value is -0.0800. The average Bonchev–Trinajstić information content (AvgIpc) is 2.62. The van der Waals surface area contributed by atoms with Crippen LogP contribution in [-0.4, -0.2) is 30.6 Å². The summed E-state index contributed by atoms with van der Waals surface area (Å²) in [6.07, 6.45) is 3.90. The van der Waals surface area contributed by atoms with Crippen molar-refractivity contribution in [1.82, 2.24) is 4.90 Å². The van der Waals surface area contributed by atoms with Gasteiger partial charge >= 0.3 is 0 Å². The standard InChI is InChI=1S/C10H20N2/c1-8-7-10(8,11)9-3-5-12(2)6-4-9/h8-9H,3-7,11H2,1-2H3. The Morgan fingerprint density at radius 2 is 1.83 bits per heavy atom. The fourth-order valence-corrected chi connectivity index (χ4v) is 2.59. The first kappa shape index (κ1) is 8.52. The fraction of sp³-hybridized carbons (Fsp3) is 1.00. The normalized spacial score (nSPS) is 44.8. The van der Waals surface area contributed by atoms with Crippen molar-refractivity contribution in [3.63, 3.8) is 0 Å². The molecule has 2 nitrogen and oxygen atoms in total. The molecule has 12 heavy (non-hydrogen) atoms. The molecule has 2 N–H and O–H groups in total. The second kappa shape index (κ2) is 2.71. The number of hydrogen-bond donors (Lipinski definition) is 1. The molecule has 1 heterocycles. The smallest absolute Gasteiger partial charge is 0.0213 e. The predicted molar refractivity (Wildman–Crippen MR) is 50.9 cm³/mol. The van der Waals surface area contributed by atoms with Crippen molar-refractivity contribution in [3.8, 4) is 0 Å². The Balaban J connectivity index is 1.90. The average molecular weight is 168 g/mol. The van der Waals surface area contributed by atoms with Crippen LogP contribution in [0.3, 0.4) is 0 Å². The van der Waals surface area contributed by atoms with Gasteiger partial charge in [0.05, 0.1) is 0 Å². The molecule has 2 fully saturated rings. The molecule has 0 radical (unpaired) electrons. The Morgan fingerprint density at radius 3 is 2.25 bits per heavy atom. The zero-order valence-corrected chi connectivity index (χ0v) is 8.21. The molecule has 0 aromatic heterocycles. The zero-order valence-electron chi connectivity index (χ0n) is 8.21. The second-order valence-electron chi connectivity index (χ2n) is 4.80. The Morgan fingerprint density at radius 1 is 1.33 bits per heavy atom. The molecule has 2 unspecified atom stereocenters. The minimum absolute atomic E-state index is 0.237. The number of nitrogens with two attached hydrogens (primary N) is 1. The van der Waals surface area contributed by atoms with E-state index in [1.807, 2.05) is 0 Å². The second-order valence-corrected chi connectivity index (χ2v) is 4.80. The number of rotatable bonds is 1. The molecule has 2 rings (SSSR count). The summed E-state index contributed by atoms with van der Waals surface area (Å²) in [7, 11) is 2.20. The molecular weight excluding hydrogens is 148 g/mol.